The summed E-state index contributed by atoms with van der Waals surface area (Å²) >= 11 is 0. The second-order valence-electron chi connectivity index (χ2n) is 5.35. The van der Waals surface area contributed by atoms with Crippen LogP contribution in [0.1, 0.15) is 33.1 Å². The number of hydrogen-bond acceptors (Lipinski definition) is 2. The Morgan fingerprint density at radius 3 is 2.56 bits per heavy atom. The Balaban J connectivity index is 2.24. The quantitative estimate of drug-likeness (QED) is 0.841. The van der Waals surface area contributed by atoms with E-state index < -0.39 is 10.0 Å². The molecular formula is C14H21NO2S. The van der Waals surface area contributed by atoms with E-state index in [0.29, 0.717) is 17.4 Å². The molecular weight excluding hydrogens is 246 g/mol. The zero-order valence-electron chi connectivity index (χ0n) is 11.0. The van der Waals surface area contributed by atoms with Gasteiger partial charge in [-0.25, -0.2) is 8.42 Å². The molecule has 100 valence electrons. The molecule has 0 N–H and O–H groups in total. The molecule has 3 nitrogen and oxygen atoms in total. The van der Waals surface area contributed by atoms with Gasteiger partial charge in [0.15, 0.2) is 0 Å². The second kappa shape index (κ2) is 5.41. The molecule has 1 aliphatic rings. The maximum absolute atomic E-state index is 12.6. The minimum absolute atomic E-state index is 0.176. The second-order valence-corrected chi connectivity index (χ2v) is 7.24. The van der Waals surface area contributed by atoms with E-state index in [1.807, 2.05) is 6.07 Å². The Morgan fingerprint density at radius 2 is 1.94 bits per heavy atom. The molecule has 2 rings (SSSR count). The summed E-state index contributed by atoms with van der Waals surface area (Å²) in [5.74, 6) is 0.529. The van der Waals surface area contributed by atoms with Crippen molar-refractivity contribution in [2.45, 2.75) is 44.0 Å². The fourth-order valence-electron chi connectivity index (χ4n) is 2.63. The van der Waals surface area contributed by atoms with Crippen LogP contribution in [0.3, 0.4) is 0 Å². The van der Waals surface area contributed by atoms with E-state index in [9.17, 15) is 8.42 Å². The lowest BCUT2D eigenvalue weighted by atomic mass is 10.0. The monoisotopic (exact) mass is 267 g/mol. The summed E-state index contributed by atoms with van der Waals surface area (Å²) in [6.07, 6.45) is 2.92. The molecule has 0 amide bonds. The van der Waals surface area contributed by atoms with Gasteiger partial charge < -0.3 is 0 Å². The van der Waals surface area contributed by atoms with Gasteiger partial charge in [0.1, 0.15) is 0 Å². The number of sulfonamides is 1. The van der Waals surface area contributed by atoms with Crippen LogP contribution in [0.25, 0.3) is 0 Å². The molecule has 1 heterocycles. The third kappa shape index (κ3) is 2.75. The third-order valence-electron chi connectivity index (χ3n) is 3.42. The van der Waals surface area contributed by atoms with Gasteiger partial charge in [-0.15, -0.1) is 0 Å². The Hall–Kier alpha value is -0.870. The van der Waals surface area contributed by atoms with E-state index in [-0.39, 0.29) is 6.04 Å². The van der Waals surface area contributed by atoms with Crippen molar-refractivity contribution >= 4 is 10.0 Å². The topological polar surface area (TPSA) is 37.4 Å². The molecule has 1 saturated heterocycles. The van der Waals surface area contributed by atoms with Crippen LogP contribution in [-0.4, -0.2) is 25.3 Å². The highest BCUT2D eigenvalue weighted by atomic mass is 32.2. The van der Waals surface area contributed by atoms with Crippen molar-refractivity contribution in [1.82, 2.24) is 4.31 Å². The van der Waals surface area contributed by atoms with Gasteiger partial charge in [0.05, 0.1) is 4.90 Å². The van der Waals surface area contributed by atoms with Gasteiger partial charge in [0, 0.05) is 12.6 Å². The van der Waals surface area contributed by atoms with E-state index >= 15 is 0 Å². The summed E-state index contributed by atoms with van der Waals surface area (Å²) in [7, 11) is -3.30. The summed E-state index contributed by atoms with van der Waals surface area (Å²) in [5, 5.41) is 0. The first-order valence-corrected chi connectivity index (χ1v) is 8.02. The summed E-state index contributed by atoms with van der Waals surface area (Å²) in [6.45, 7) is 4.95. The maximum atomic E-state index is 12.6. The Kier molecular flexibility index (Phi) is 4.07. The van der Waals surface area contributed by atoms with Crippen molar-refractivity contribution in [3.05, 3.63) is 30.3 Å². The minimum Gasteiger partial charge on any atom is -0.207 e. The number of rotatable bonds is 4. The molecule has 1 unspecified atom stereocenters. The lowest BCUT2D eigenvalue weighted by molar-refractivity contribution is 0.337. The third-order valence-corrected chi connectivity index (χ3v) is 5.38. The van der Waals surface area contributed by atoms with Crippen LogP contribution < -0.4 is 0 Å². The summed E-state index contributed by atoms with van der Waals surface area (Å²) < 4.78 is 26.8. The largest absolute Gasteiger partial charge is 0.243 e. The van der Waals surface area contributed by atoms with Crippen LogP contribution in [0.2, 0.25) is 0 Å². The van der Waals surface area contributed by atoms with Crippen LogP contribution in [0, 0.1) is 5.92 Å². The first-order chi connectivity index (χ1) is 8.51. The molecule has 1 aliphatic heterocycles. The fourth-order valence-corrected chi connectivity index (χ4v) is 4.36. The van der Waals surface area contributed by atoms with E-state index in [1.54, 1.807) is 28.6 Å². The average molecular weight is 267 g/mol. The average Bonchev–Trinajstić information content (AvgIpc) is 2.78. The number of nitrogens with zero attached hydrogens (tertiary/aromatic N) is 1. The van der Waals surface area contributed by atoms with Crippen molar-refractivity contribution in [1.29, 1.82) is 0 Å². The first kappa shape index (κ1) is 13.6. The highest BCUT2D eigenvalue weighted by molar-refractivity contribution is 7.89. The number of benzene rings is 1. The van der Waals surface area contributed by atoms with Crippen LogP contribution >= 0.6 is 0 Å². The van der Waals surface area contributed by atoms with Gasteiger partial charge in [0.25, 0.3) is 0 Å². The van der Waals surface area contributed by atoms with Gasteiger partial charge in [-0.3, -0.25) is 0 Å². The van der Waals surface area contributed by atoms with E-state index in [2.05, 4.69) is 13.8 Å². The fraction of sp³-hybridized carbons (Fsp3) is 0.571. The van der Waals surface area contributed by atoms with Crippen LogP contribution in [0.15, 0.2) is 35.2 Å². The normalized spacial score (nSPS) is 21.6. The summed E-state index contributed by atoms with van der Waals surface area (Å²) in [6, 6.07) is 8.94. The zero-order chi connectivity index (χ0) is 13.2. The lowest BCUT2D eigenvalue weighted by Crippen LogP contribution is -2.36. The lowest BCUT2D eigenvalue weighted by Gasteiger charge is -2.25. The van der Waals surface area contributed by atoms with Gasteiger partial charge in [-0.1, -0.05) is 32.0 Å². The van der Waals surface area contributed by atoms with Crippen LogP contribution in [-0.2, 0) is 10.0 Å². The summed E-state index contributed by atoms with van der Waals surface area (Å²) in [4.78, 5) is 0.417. The molecule has 1 aromatic rings. The molecule has 0 spiro atoms. The van der Waals surface area contributed by atoms with Gasteiger partial charge in [0.2, 0.25) is 10.0 Å². The molecule has 18 heavy (non-hydrogen) atoms. The maximum Gasteiger partial charge on any atom is 0.243 e. The molecule has 0 bridgehead atoms. The highest BCUT2D eigenvalue weighted by Gasteiger charge is 2.35. The molecule has 0 aliphatic carbocycles. The molecule has 4 heteroatoms. The van der Waals surface area contributed by atoms with Crippen LogP contribution in [0.4, 0.5) is 0 Å². The van der Waals surface area contributed by atoms with Crippen LogP contribution in [0.5, 0.6) is 0 Å². The Bertz CT molecular complexity index is 482. The van der Waals surface area contributed by atoms with Gasteiger partial charge >= 0.3 is 0 Å². The molecule has 0 aromatic heterocycles. The minimum atomic E-state index is -3.30. The predicted molar refractivity (Wildman–Crippen MR) is 72.8 cm³/mol. The molecule has 1 atom stereocenters. The molecule has 0 radical (unpaired) electrons. The number of hydrogen-bond donors (Lipinski definition) is 0. The first-order valence-electron chi connectivity index (χ1n) is 6.58. The van der Waals surface area contributed by atoms with Crippen molar-refractivity contribution in [2.24, 2.45) is 5.92 Å². The van der Waals surface area contributed by atoms with Gasteiger partial charge in [-0.2, -0.15) is 4.31 Å². The van der Waals surface area contributed by atoms with Crippen molar-refractivity contribution < 1.29 is 8.42 Å². The standard InChI is InChI=1S/C14H21NO2S/c1-12(2)11-13-7-6-10-15(13)18(16,17)14-8-4-3-5-9-14/h3-5,8-9,12-13H,6-7,10-11H2,1-2H3. The SMILES string of the molecule is CC(C)CC1CCCN1S(=O)(=O)c1ccccc1. The molecule has 1 aromatic carbocycles. The van der Waals surface area contributed by atoms with Gasteiger partial charge in [-0.05, 0) is 37.3 Å². The summed E-state index contributed by atoms with van der Waals surface area (Å²) in [5.41, 5.74) is 0. The molecule has 1 fully saturated rings. The Morgan fingerprint density at radius 1 is 1.28 bits per heavy atom. The van der Waals surface area contributed by atoms with E-state index in [0.717, 1.165) is 19.3 Å². The zero-order valence-corrected chi connectivity index (χ0v) is 11.9. The molecule has 0 saturated carbocycles. The van der Waals surface area contributed by atoms with E-state index in [4.69, 9.17) is 0 Å². The Labute approximate surface area is 110 Å². The van der Waals surface area contributed by atoms with Crippen molar-refractivity contribution in [3.8, 4) is 0 Å². The van der Waals surface area contributed by atoms with Crippen molar-refractivity contribution in [2.75, 3.05) is 6.54 Å². The van der Waals surface area contributed by atoms with Crippen molar-refractivity contribution in [3.63, 3.8) is 0 Å². The predicted octanol–water partition coefficient (Wildman–Crippen LogP) is 2.89. The highest BCUT2D eigenvalue weighted by Crippen LogP contribution is 2.29. The van der Waals surface area contributed by atoms with E-state index in [1.165, 1.54) is 0 Å². The smallest absolute Gasteiger partial charge is 0.207 e.